The van der Waals surface area contributed by atoms with Crippen LogP contribution < -0.4 is 10.2 Å². The van der Waals surface area contributed by atoms with Gasteiger partial charge in [-0.2, -0.15) is 0 Å². The molecule has 1 aliphatic heterocycles. The van der Waals surface area contributed by atoms with Crippen LogP contribution in [-0.4, -0.2) is 56.0 Å². The summed E-state index contributed by atoms with van der Waals surface area (Å²) in [5.74, 6) is -2.35. The van der Waals surface area contributed by atoms with Gasteiger partial charge in [0, 0.05) is 18.8 Å². The third-order valence-electron chi connectivity index (χ3n) is 5.07. The number of ether oxygens (including phenoxy) is 2. The first-order valence-corrected chi connectivity index (χ1v) is 10.6. The largest absolute Gasteiger partial charge is 0.454 e. The van der Waals surface area contributed by atoms with Gasteiger partial charge in [-0.25, -0.2) is 14.1 Å². The van der Waals surface area contributed by atoms with E-state index in [1.54, 1.807) is 0 Å². The smallest absolute Gasteiger partial charge is 0.338 e. The molecule has 1 aliphatic rings. The fourth-order valence-corrected chi connectivity index (χ4v) is 3.34. The number of ketones is 1. The van der Waals surface area contributed by atoms with Gasteiger partial charge in [-0.3, -0.25) is 14.4 Å². The number of amides is 2. The number of halogens is 1. The molecule has 2 aromatic rings. The van der Waals surface area contributed by atoms with E-state index in [0.717, 1.165) is 23.5 Å². The van der Waals surface area contributed by atoms with Crippen LogP contribution in [0.2, 0.25) is 0 Å². The first-order chi connectivity index (χ1) is 15.9. The van der Waals surface area contributed by atoms with Crippen LogP contribution in [0.15, 0.2) is 48.5 Å². The molecular weight excluding hydrogens is 431 g/mol. The van der Waals surface area contributed by atoms with Crippen LogP contribution in [0.25, 0.3) is 0 Å². The minimum atomic E-state index is -0.732. The monoisotopic (exact) mass is 456 g/mol. The van der Waals surface area contributed by atoms with E-state index < -0.39 is 30.2 Å². The molecule has 0 spiro atoms. The van der Waals surface area contributed by atoms with Crippen LogP contribution in [-0.2, 0) is 19.1 Å². The Morgan fingerprint density at radius 1 is 1.06 bits per heavy atom. The Kier molecular flexibility index (Phi) is 8.39. The average molecular weight is 456 g/mol. The van der Waals surface area contributed by atoms with Gasteiger partial charge >= 0.3 is 5.97 Å². The van der Waals surface area contributed by atoms with Crippen molar-refractivity contribution >= 4 is 29.3 Å². The minimum absolute atomic E-state index is 0.0583. The molecule has 1 unspecified atom stereocenters. The molecule has 33 heavy (non-hydrogen) atoms. The maximum Gasteiger partial charge on any atom is 0.338 e. The molecule has 3 rings (SSSR count). The summed E-state index contributed by atoms with van der Waals surface area (Å²) in [6.07, 6.45) is 0.787. The number of benzene rings is 2. The second kappa shape index (κ2) is 11.4. The summed E-state index contributed by atoms with van der Waals surface area (Å²) < 4.78 is 23.2. The molecule has 0 bridgehead atoms. The van der Waals surface area contributed by atoms with Gasteiger partial charge in [0.1, 0.15) is 5.82 Å². The summed E-state index contributed by atoms with van der Waals surface area (Å²) in [6.45, 7) is 3.17. The van der Waals surface area contributed by atoms with Crippen LogP contribution in [0.5, 0.6) is 0 Å². The van der Waals surface area contributed by atoms with Crippen molar-refractivity contribution in [2.24, 2.45) is 0 Å². The Balaban J connectivity index is 1.54. The lowest BCUT2D eigenvalue weighted by atomic mass is 10.1. The van der Waals surface area contributed by atoms with Crippen LogP contribution >= 0.6 is 0 Å². The molecule has 174 valence electrons. The number of nitrogens with one attached hydrogen (secondary N) is 1. The number of rotatable bonds is 11. The topological polar surface area (TPSA) is 102 Å². The van der Waals surface area contributed by atoms with E-state index in [9.17, 15) is 23.6 Å². The molecule has 2 amide bonds. The van der Waals surface area contributed by atoms with E-state index in [1.165, 1.54) is 36.4 Å². The molecule has 1 heterocycles. The van der Waals surface area contributed by atoms with Gasteiger partial charge in [0.25, 0.3) is 5.91 Å². The standard InChI is InChI=1S/C24H25FN2O6/c1-2-32-13-3-12-26-20-14-22(29)27(23(20)30)19-10-6-17(7-11-19)24(31)33-15-21(28)16-4-8-18(25)9-5-16/h4-11,20,26H,2-3,12-15H2,1H3. The normalized spacial score (nSPS) is 15.7. The fourth-order valence-electron chi connectivity index (χ4n) is 3.34. The minimum Gasteiger partial charge on any atom is -0.454 e. The second-order valence-electron chi connectivity index (χ2n) is 7.38. The first-order valence-electron chi connectivity index (χ1n) is 10.6. The lowest BCUT2D eigenvalue weighted by molar-refractivity contribution is -0.121. The van der Waals surface area contributed by atoms with E-state index in [2.05, 4.69) is 5.32 Å². The number of hydrogen-bond acceptors (Lipinski definition) is 7. The highest BCUT2D eigenvalue weighted by Crippen LogP contribution is 2.23. The van der Waals surface area contributed by atoms with Gasteiger partial charge in [-0.05, 0) is 68.4 Å². The van der Waals surface area contributed by atoms with Gasteiger partial charge in [0.2, 0.25) is 5.91 Å². The molecule has 1 atom stereocenters. The quantitative estimate of drug-likeness (QED) is 0.240. The van der Waals surface area contributed by atoms with E-state index >= 15 is 0 Å². The third kappa shape index (κ3) is 6.30. The summed E-state index contributed by atoms with van der Waals surface area (Å²) in [6, 6.07) is 10.1. The summed E-state index contributed by atoms with van der Waals surface area (Å²) in [5.41, 5.74) is 0.740. The highest BCUT2D eigenvalue weighted by molar-refractivity contribution is 6.22. The van der Waals surface area contributed by atoms with Gasteiger partial charge in [-0.1, -0.05) is 0 Å². The number of imide groups is 1. The van der Waals surface area contributed by atoms with Crippen molar-refractivity contribution in [1.29, 1.82) is 0 Å². The van der Waals surface area contributed by atoms with Crippen molar-refractivity contribution in [2.45, 2.75) is 25.8 Å². The van der Waals surface area contributed by atoms with Gasteiger partial charge in [0.05, 0.1) is 23.7 Å². The molecule has 0 radical (unpaired) electrons. The number of nitrogens with zero attached hydrogens (tertiary/aromatic N) is 1. The van der Waals surface area contributed by atoms with Crippen LogP contribution in [0, 0.1) is 5.82 Å². The maximum absolute atomic E-state index is 12.9. The summed E-state index contributed by atoms with van der Waals surface area (Å²) in [7, 11) is 0. The molecule has 0 saturated carbocycles. The van der Waals surface area contributed by atoms with Gasteiger partial charge in [0.15, 0.2) is 12.4 Å². The fraction of sp³-hybridized carbons (Fsp3) is 0.333. The van der Waals surface area contributed by atoms with Gasteiger partial charge < -0.3 is 14.8 Å². The molecule has 1 N–H and O–H groups in total. The Hall–Kier alpha value is -3.43. The van der Waals surface area contributed by atoms with Crippen molar-refractivity contribution in [3.8, 4) is 0 Å². The number of hydrogen-bond donors (Lipinski definition) is 1. The molecule has 2 aromatic carbocycles. The third-order valence-corrected chi connectivity index (χ3v) is 5.07. The van der Waals surface area contributed by atoms with Crippen molar-refractivity contribution < 1.29 is 33.0 Å². The molecule has 0 aromatic heterocycles. The van der Waals surface area contributed by atoms with E-state index in [-0.39, 0.29) is 29.4 Å². The average Bonchev–Trinajstić information content (AvgIpc) is 3.10. The molecule has 0 aliphatic carbocycles. The first kappa shape index (κ1) is 24.2. The lowest BCUT2D eigenvalue weighted by Gasteiger charge is -2.16. The van der Waals surface area contributed by atoms with Crippen LogP contribution in [0.3, 0.4) is 0 Å². The number of carbonyl (C=O) groups excluding carboxylic acids is 4. The Bertz CT molecular complexity index is 1010. The van der Waals surface area contributed by atoms with E-state index in [4.69, 9.17) is 9.47 Å². The van der Waals surface area contributed by atoms with Gasteiger partial charge in [-0.15, -0.1) is 0 Å². The van der Waals surface area contributed by atoms with E-state index in [1.807, 2.05) is 6.92 Å². The Morgan fingerprint density at radius 3 is 2.39 bits per heavy atom. The number of anilines is 1. The molecular formula is C24H25FN2O6. The number of esters is 1. The number of carbonyl (C=O) groups is 4. The van der Waals surface area contributed by atoms with E-state index in [0.29, 0.717) is 25.4 Å². The zero-order valence-corrected chi connectivity index (χ0v) is 18.2. The SMILES string of the molecule is CCOCCCNC1CC(=O)N(c2ccc(C(=O)OCC(=O)c3ccc(F)cc3)cc2)C1=O. The Labute approximate surface area is 190 Å². The summed E-state index contributed by atoms with van der Waals surface area (Å²) in [5, 5.41) is 3.08. The summed E-state index contributed by atoms with van der Waals surface area (Å²) in [4.78, 5) is 50.4. The molecule has 1 fully saturated rings. The predicted octanol–water partition coefficient (Wildman–Crippen LogP) is 2.51. The lowest BCUT2D eigenvalue weighted by Crippen LogP contribution is -2.39. The van der Waals surface area contributed by atoms with Crippen molar-refractivity contribution in [2.75, 3.05) is 31.3 Å². The maximum atomic E-state index is 12.9. The van der Waals surface area contributed by atoms with Crippen molar-refractivity contribution in [1.82, 2.24) is 5.32 Å². The second-order valence-corrected chi connectivity index (χ2v) is 7.38. The predicted molar refractivity (Wildman–Crippen MR) is 117 cm³/mol. The number of Topliss-reactive ketones (excluding diaryl/α,β-unsaturated/α-hetero) is 1. The van der Waals surface area contributed by atoms with Crippen LogP contribution in [0.1, 0.15) is 40.5 Å². The Morgan fingerprint density at radius 2 is 1.73 bits per heavy atom. The van der Waals surface area contributed by atoms with Crippen molar-refractivity contribution in [3.63, 3.8) is 0 Å². The highest BCUT2D eigenvalue weighted by atomic mass is 19.1. The zero-order chi connectivity index (χ0) is 23.8. The highest BCUT2D eigenvalue weighted by Gasteiger charge is 2.39. The van der Waals surface area contributed by atoms with Crippen LogP contribution in [0.4, 0.5) is 10.1 Å². The molecule has 9 heteroatoms. The zero-order valence-electron chi connectivity index (χ0n) is 18.2. The molecule has 8 nitrogen and oxygen atoms in total. The molecule has 1 saturated heterocycles. The summed E-state index contributed by atoms with van der Waals surface area (Å²) >= 11 is 0. The van der Waals surface area contributed by atoms with Crippen molar-refractivity contribution in [3.05, 3.63) is 65.5 Å².